The van der Waals surface area contributed by atoms with E-state index in [0.29, 0.717) is 0 Å². The quantitative estimate of drug-likeness (QED) is 0.385. The Balaban J connectivity index is 1.36. The molecule has 0 radical (unpaired) electrons. The van der Waals surface area contributed by atoms with E-state index in [1.807, 2.05) is 0 Å². The Hall–Kier alpha value is -2.34. The molecule has 0 saturated heterocycles. The SMILES string of the molecule is C=C(Cc1c(C)cccc1C)C1=CC=C(Cc2cc(C)cc(C3CCC(CCC)CC3)c2)C1. The molecule has 2 aromatic rings. The van der Waals surface area contributed by atoms with Crippen LogP contribution in [0.3, 0.4) is 0 Å². The molecule has 0 spiro atoms. The van der Waals surface area contributed by atoms with Crippen molar-refractivity contribution in [2.75, 3.05) is 0 Å². The molecule has 2 aliphatic rings. The second-order valence-corrected chi connectivity index (χ2v) is 10.8. The van der Waals surface area contributed by atoms with E-state index in [4.69, 9.17) is 0 Å². The number of hydrogen-bond acceptors (Lipinski definition) is 0. The van der Waals surface area contributed by atoms with Crippen LogP contribution in [-0.4, -0.2) is 0 Å². The largest absolute Gasteiger partial charge is 0.0952 e. The van der Waals surface area contributed by atoms with Crippen molar-refractivity contribution in [2.45, 2.75) is 91.4 Å². The molecule has 1 fully saturated rings. The van der Waals surface area contributed by atoms with Crippen LogP contribution in [-0.2, 0) is 12.8 Å². The topological polar surface area (TPSA) is 0 Å². The molecule has 0 unspecified atom stereocenters. The summed E-state index contributed by atoms with van der Waals surface area (Å²) in [5.41, 5.74) is 12.9. The lowest BCUT2D eigenvalue weighted by Crippen LogP contribution is -2.13. The minimum absolute atomic E-state index is 0.764. The monoisotopic (exact) mass is 438 g/mol. The second-order valence-electron chi connectivity index (χ2n) is 10.8. The molecular weight excluding hydrogens is 396 g/mol. The maximum Gasteiger partial charge on any atom is -0.00235 e. The van der Waals surface area contributed by atoms with Crippen LogP contribution in [0.15, 0.2) is 71.8 Å². The highest BCUT2D eigenvalue weighted by Crippen LogP contribution is 2.38. The lowest BCUT2D eigenvalue weighted by Gasteiger charge is -2.29. The maximum absolute atomic E-state index is 4.46. The summed E-state index contributed by atoms with van der Waals surface area (Å²) in [6, 6.07) is 14.0. The molecular formula is C33H42. The Morgan fingerprint density at radius 2 is 1.67 bits per heavy atom. The summed E-state index contributed by atoms with van der Waals surface area (Å²) < 4.78 is 0. The van der Waals surface area contributed by atoms with Crippen LogP contribution in [0.1, 0.15) is 91.2 Å². The second kappa shape index (κ2) is 10.7. The van der Waals surface area contributed by atoms with Gasteiger partial charge in [-0.2, -0.15) is 0 Å². The third kappa shape index (κ3) is 5.97. The van der Waals surface area contributed by atoms with Crippen molar-refractivity contribution in [3.05, 3.63) is 105 Å². The van der Waals surface area contributed by atoms with E-state index in [1.165, 1.54) is 83.1 Å². The summed E-state index contributed by atoms with van der Waals surface area (Å²) in [5.74, 6) is 1.74. The Labute approximate surface area is 202 Å². The minimum Gasteiger partial charge on any atom is -0.0952 e. The molecule has 0 aliphatic heterocycles. The first-order chi connectivity index (χ1) is 15.9. The van der Waals surface area contributed by atoms with E-state index in [9.17, 15) is 0 Å². The van der Waals surface area contributed by atoms with E-state index in [1.54, 1.807) is 5.56 Å². The number of hydrogen-bond donors (Lipinski definition) is 0. The summed E-state index contributed by atoms with van der Waals surface area (Å²) in [4.78, 5) is 0. The molecule has 0 atom stereocenters. The zero-order valence-electron chi connectivity index (χ0n) is 21.3. The summed E-state index contributed by atoms with van der Waals surface area (Å²) in [6.07, 6.45) is 16.1. The third-order valence-electron chi connectivity index (χ3n) is 8.03. The average Bonchev–Trinajstić information content (AvgIpc) is 3.25. The smallest absolute Gasteiger partial charge is 0.00235 e. The summed E-state index contributed by atoms with van der Waals surface area (Å²) in [5, 5.41) is 0. The molecule has 0 heterocycles. The van der Waals surface area contributed by atoms with Crippen LogP contribution in [0.2, 0.25) is 0 Å². The molecule has 174 valence electrons. The van der Waals surface area contributed by atoms with Crippen LogP contribution in [0, 0.1) is 26.7 Å². The van der Waals surface area contributed by atoms with Gasteiger partial charge in [0.1, 0.15) is 0 Å². The van der Waals surface area contributed by atoms with Gasteiger partial charge in [0.05, 0.1) is 0 Å². The fourth-order valence-electron chi connectivity index (χ4n) is 6.09. The van der Waals surface area contributed by atoms with Gasteiger partial charge in [-0.25, -0.2) is 0 Å². The van der Waals surface area contributed by atoms with E-state index in [-0.39, 0.29) is 0 Å². The van der Waals surface area contributed by atoms with Gasteiger partial charge in [-0.1, -0.05) is 86.0 Å². The molecule has 4 rings (SSSR count). The van der Waals surface area contributed by atoms with Crippen molar-refractivity contribution >= 4 is 0 Å². The first-order valence-corrected chi connectivity index (χ1v) is 13.1. The van der Waals surface area contributed by atoms with Crippen LogP contribution >= 0.6 is 0 Å². The number of rotatable bonds is 8. The maximum atomic E-state index is 4.46. The first kappa shape index (κ1) is 23.8. The predicted molar refractivity (Wildman–Crippen MR) is 144 cm³/mol. The highest BCUT2D eigenvalue weighted by Gasteiger charge is 2.22. The van der Waals surface area contributed by atoms with Gasteiger partial charge in [-0.3, -0.25) is 0 Å². The highest BCUT2D eigenvalue weighted by atomic mass is 14.3. The summed E-state index contributed by atoms with van der Waals surface area (Å²) in [7, 11) is 0. The molecule has 1 saturated carbocycles. The van der Waals surface area contributed by atoms with Crippen LogP contribution < -0.4 is 0 Å². The lowest BCUT2D eigenvalue weighted by atomic mass is 9.76. The van der Waals surface area contributed by atoms with Gasteiger partial charge in [0.25, 0.3) is 0 Å². The number of aryl methyl sites for hydroxylation is 3. The van der Waals surface area contributed by atoms with Crippen LogP contribution in [0.5, 0.6) is 0 Å². The molecule has 0 heteroatoms. The predicted octanol–water partition coefficient (Wildman–Crippen LogP) is 9.28. The van der Waals surface area contributed by atoms with Crippen molar-refractivity contribution in [1.29, 1.82) is 0 Å². The Kier molecular flexibility index (Phi) is 7.74. The zero-order valence-corrected chi connectivity index (χ0v) is 21.3. The van der Waals surface area contributed by atoms with E-state index in [0.717, 1.165) is 31.1 Å². The van der Waals surface area contributed by atoms with Gasteiger partial charge in [0, 0.05) is 0 Å². The Morgan fingerprint density at radius 1 is 0.939 bits per heavy atom. The van der Waals surface area contributed by atoms with Crippen molar-refractivity contribution in [1.82, 2.24) is 0 Å². The molecule has 0 bridgehead atoms. The van der Waals surface area contributed by atoms with Crippen molar-refractivity contribution < 1.29 is 0 Å². The third-order valence-corrected chi connectivity index (χ3v) is 8.03. The average molecular weight is 439 g/mol. The van der Waals surface area contributed by atoms with E-state index >= 15 is 0 Å². The molecule has 0 nitrogen and oxygen atoms in total. The fourth-order valence-corrected chi connectivity index (χ4v) is 6.09. The van der Waals surface area contributed by atoms with Gasteiger partial charge in [-0.15, -0.1) is 0 Å². The van der Waals surface area contributed by atoms with Crippen LogP contribution in [0.4, 0.5) is 0 Å². The van der Waals surface area contributed by atoms with Crippen molar-refractivity contribution in [3.63, 3.8) is 0 Å². The lowest BCUT2D eigenvalue weighted by molar-refractivity contribution is 0.308. The minimum atomic E-state index is 0.764. The molecule has 2 aromatic carbocycles. The molecule has 0 amide bonds. The zero-order chi connectivity index (χ0) is 23.4. The van der Waals surface area contributed by atoms with Gasteiger partial charge < -0.3 is 0 Å². The Bertz CT molecular complexity index is 1030. The first-order valence-electron chi connectivity index (χ1n) is 13.1. The number of benzene rings is 2. The van der Waals surface area contributed by atoms with Gasteiger partial charge in [0.15, 0.2) is 0 Å². The van der Waals surface area contributed by atoms with Gasteiger partial charge >= 0.3 is 0 Å². The van der Waals surface area contributed by atoms with Gasteiger partial charge in [0.2, 0.25) is 0 Å². The van der Waals surface area contributed by atoms with Crippen molar-refractivity contribution in [2.24, 2.45) is 5.92 Å². The fraction of sp³-hybridized carbons (Fsp3) is 0.455. The van der Waals surface area contributed by atoms with Crippen LogP contribution in [0.25, 0.3) is 0 Å². The molecule has 2 aliphatic carbocycles. The van der Waals surface area contributed by atoms with Gasteiger partial charge in [-0.05, 0) is 117 Å². The summed E-state index contributed by atoms with van der Waals surface area (Å²) in [6.45, 7) is 13.5. The molecule has 0 aromatic heterocycles. The van der Waals surface area contributed by atoms with Crippen molar-refractivity contribution in [3.8, 4) is 0 Å². The normalized spacial score (nSPS) is 20.5. The Morgan fingerprint density at radius 3 is 2.36 bits per heavy atom. The van der Waals surface area contributed by atoms with E-state index in [2.05, 4.69) is 82.8 Å². The molecule has 0 N–H and O–H groups in total. The number of allylic oxidation sites excluding steroid dienone is 5. The molecule has 33 heavy (non-hydrogen) atoms. The highest BCUT2D eigenvalue weighted by molar-refractivity contribution is 5.47. The van der Waals surface area contributed by atoms with E-state index < -0.39 is 0 Å². The standard InChI is InChI=1S/C33H42/c1-6-8-27-11-14-30(15-12-27)32-18-23(2)17-29(22-32)20-28-13-16-31(21-28)26(5)19-33-24(3)9-7-10-25(33)4/h7,9-10,13,16-18,22,27,30H,5-6,8,11-12,14-15,19-21H2,1-4H3. The summed E-state index contributed by atoms with van der Waals surface area (Å²) >= 11 is 0.